The molecule has 23 heavy (non-hydrogen) atoms. The van der Waals surface area contributed by atoms with Crippen molar-refractivity contribution in [3.8, 4) is 0 Å². The van der Waals surface area contributed by atoms with Crippen molar-refractivity contribution in [2.45, 2.75) is 32.2 Å². The highest BCUT2D eigenvalue weighted by atomic mass is 32.2. The normalized spacial score (nSPS) is 22.9. The van der Waals surface area contributed by atoms with Crippen molar-refractivity contribution in [3.63, 3.8) is 0 Å². The van der Waals surface area contributed by atoms with Gasteiger partial charge < -0.3 is 15.1 Å². The molecule has 1 aromatic rings. The topological polar surface area (TPSA) is 61.4 Å². The Bertz CT molecular complexity index is 518. The average molecular weight is 356 g/mol. The summed E-state index contributed by atoms with van der Waals surface area (Å²) in [6, 6.07) is 0.343. The van der Waals surface area contributed by atoms with Crippen LogP contribution in [-0.2, 0) is 11.2 Å². The first-order valence-corrected chi connectivity index (χ1v) is 10.4. The van der Waals surface area contributed by atoms with Gasteiger partial charge in [0.2, 0.25) is 11.0 Å². The molecule has 8 heteroatoms. The Balaban J connectivity index is 1.52. The van der Waals surface area contributed by atoms with Gasteiger partial charge in [-0.3, -0.25) is 4.79 Å². The van der Waals surface area contributed by atoms with E-state index in [9.17, 15) is 4.79 Å². The number of carbonyl (C=O) groups is 1. The molecule has 1 atom stereocenters. The van der Waals surface area contributed by atoms with E-state index in [0.29, 0.717) is 18.4 Å². The highest BCUT2D eigenvalue weighted by Gasteiger charge is 2.24. The lowest BCUT2D eigenvalue weighted by molar-refractivity contribution is -0.131. The molecule has 0 saturated carbocycles. The molecule has 0 aromatic carbocycles. The molecule has 1 aromatic heterocycles. The van der Waals surface area contributed by atoms with Crippen LogP contribution in [0.3, 0.4) is 0 Å². The fraction of sp³-hybridized carbons (Fsp3) is 0.800. The van der Waals surface area contributed by atoms with Crippen LogP contribution in [0, 0.1) is 0 Å². The zero-order valence-corrected chi connectivity index (χ0v) is 15.3. The molecule has 2 saturated heterocycles. The second-order valence-electron chi connectivity index (χ2n) is 6.00. The van der Waals surface area contributed by atoms with E-state index in [1.807, 2.05) is 16.7 Å². The molecule has 0 bridgehead atoms. The van der Waals surface area contributed by atoms with Crippen molar-refractivity contribution in [3.05, 3.63) is 5.82 Å². The van der Waals surface area contributed by atoms with E-state index in [2.05, 4.69) is 26.5 Å². The monoisotopic (exact) mass is 355 g/mol. The Morgan fingerprint density at radius 2 is 2.26 bits per heavy atom. The summed E-state index contributed by atoms with van der Waals surface area (Å²) < 4.78 is 4.37. The summed E-state index contributed by atoms with van der Waals surface area (Å²) in [6.45, 7) is 6.56. The summed E-state index contributed by atoms with van der Waals surface area (Å²) in [5, 5.41) is 4.45. The maximum absolute atomic E-state index is 12.5. The van der Waals surface area contributed by atoms with Gasteiger partial charge in [0, 0.05) is 74.6 Å². The Kier molecular flexibility index (Phi) is 6.13. The molecule has 2 fully saturated rings. The van der Waals surface area contributed by atoms with Crippen LogP contribution in [0.4, 0.5) is 5.13 Å². The van der Waals surface area contributed by atoms with Gasteiger partial charge in [-0.05, 0) is 6.42 Å². The predicted octanol–water partition coefficient (Wildman–Crippen LogP) is 1.23. The fourth-order valence-corrected chi connectivity index (χ4v) is 4.72. The van der Waals surface area contributed by atoms with E-state index in [1.165, 1.54) is 11.5 Å². The zero-order valence-electron chi connectivity index (χ0n) is 13.7. The molecular formula is C15H25N5OS2. The number of carbonyl (C=O) groups excluding carboxylic acids is 1. The lowest BCUT2D eigenvalue weighted by Crippen LogP contribution is -2.43. The molecule has 0 radical (unpaired) electrons. The number of anilines is 1. The molecule has 6 nitrogen and oxygen atoms in total. The summed E-state index contributed by atoms with van der Waals surface area (Å²) >= 11 is 3.42. The summed E-state index contributed by atoms with van der Waals surface area (Å²) in [5.41, 5.74) is 0. The van der Waals surface area contributed by atoms with E-state index >= 15 is 0 Å². The number of hydrogen-bond donors (Lipinski definition) is 1. The number of nitrogens with zero attached hydrogens (tertiary/aromatic N) is 4. The third-order valence-corrected chi connectivity index (χ3v) is 6.26. The zero-order chi connectivity index (χ0) is 16.1. The van der Waals surface area contributed by atoms with Gasteiger partial charge in [-0.1, -0.05) is 6.92 Å². The van der Waals surface area contributed by atoms with Crippen LogP contribution < -0.4 is 10.2 Å². The van der Waals surface area contributed by atoms with Gasteiger partial charge in [0.25, 0.3) is 0 Å². The van der Waals surface area contributed by atoms with Crippen molar-refractivity contribution in [2.24, 2.45) is 0 Å². The first-order valence-electron chi connectivity index (χ1n) is 8.42. The summed E-state index contributed by atoms with van der Waals surface area (Å²) in [5.74, 6) is 3.42. The van der Waals surface area contributed by atoms with Crippen LogP contribution >= 0.6 is 23.3 Å². The Hall–Kier alpha value is -0.860. The number of aryl methyl sites for hydroxylation is 1. The van der Waals surface area contributed by atoms with E-state index in [-0.39, 0.29) is 0 Å². The average Bonchev–Trinajstić information content (AvgIpc) is 2.92. The summed E-state index contributed by atoms with van der Waals surface area (Å²) in [7, 11) is 0. The van der Waals surface area contributed by atoms with Crippen molar-refractivity contribution in [1.29, 1.82) is 0 Å². The largest absolute Gasteiger partial charge is 0.345 e. The fourth-order valence-electron chi connectivity index (χ4n) is 2.97. The molecule has 1 N–H and O–H groups in total. The molecule has 0 spiro atoms. The SMILES string of the molecule is CCc1nsc(N2CCCN(C(=O)CC3CSCCN3)CC2)n1. The van der Waals surface area contributed by atoms with Gasteiger partial charge in [0.1, 0.15) is 5.82 Å². The van der Waals surface area contributed by atoms with E-state index in [4.69, 9.17) is 0 Å². The van der Waals surface area contributed by atoms with Crippen LogP contribution in [0.2, 0.25) is 0 Å². The Labute approximate surface area is 146 Å². The maximum atomic E-state index is 12.5. The lowest BCUT2D eigenvalue weighted by Gasteiger charge is -2.26. The third kappa shape index (κ3) is 4.58. The van der Waals surface area contributed by atoms with Crippen LogP contribution in [0.1, 0.15) is 25.6 Å². The van der Waals surface area contributed by atoms with E-state index < -0.39 is 0 Å². The minimum atomic E-state index is 0.290. The van der Waals surface area contributed by atoms with Crippen LogP contribution in [-0.4, -0.2) is 70.4 Å². The smallest absolute Gasteiger partial charge is 0.224 e. The predicted molar refractivity (Wildman–Crippen MR) is 96.4 cm³/mol. The standard InChI is InChI=1S/C15H25N5OS2/c1-2-13-17-15(23-18-13)20-6-3-5-19(7-8-20)14(21)10-12-11-22-9-4-16-12/h12,16H,2-11H2,1H3. The first kappa shape index (κ1) is 17.0. The van der Waals surface area contributed by atoms with Gasteiger partial charge in [-0.15, -0.1) is 0 Å². The quantitative estimate of drug-likeness (QED) is 0.877. The molecule has 1 unspecified atom stereocenters. The second kappa shape index (κ2) is 8.30. The van der Waals surface area contributed by atoms with Crippen molar-refractivity contribution in [2.75, 3.05) is 49.1 Å². The minimum Gasteiger partial charge on any atom is -0.345 e. The Morgan fingerprint density at radius 3 is 3.00 bits per heavy atom. The van der Waals surface area contributed by atoms with E-state index in [0.717, 1.165) is 68.0 Å². The highest BCUT2D eigenvalue weighted by Crippen LogP contribution is 2.20. The second-order valence-corrected chi connectivity index (χ2v) is 7.88. The van der Waals surface area contributed by atoms with Gasteiger partial charge >= 0.3 is 0 Å². The third-order valence-electron chi connectivity index (χ3n) is 4.31. The lowest BCUT2D eigenvalue weighted by atomic mass is 10.2. The van der Waals surface area contributed by atoms with Crippen LogP contribution in [0.5, 0.6) is 0 Å². The van der Waals surface area contributed by atoms with Crippen LogP contribution in [0.15, 0.2) is 0 Å². The molecule has 2 aliphatic heterocycles. The molecule has 3 rings (SSSR count). The molecule has 2 aliphatic rings. The van der Waals surface area contributed by atoms with Crippen molar-refractivity contribution < 1.29 is 4.79 Å². The number of aromatic nitrogens is 2. The number of hydrogen-bond acceptors (Lipinski definition) is 7. The number of rotatable bonds is 4. The van der Waals surface area contributed by atoms with Crippen LogP contribution in [0.25, 0.3) is 0 Å². The number of nitrogens with one attached hydrogen (secondary N) is 1. The van der Waals surface area contributed by atoms with Crippen molar-refractivity contribution in [1.82, 2.24) is 19.6 Å². The molecule has 0 aliphatic carbocycles. The summed E-state index contributed by atoms with van der Waals surface area (Å²) in [4.78, 5) is 21.4. The number of amides is 1. The van der Waals surface area contributed by atoms with Gasteiger partial charge in [-0.25, -0.2) is 4.98 Å². The Morgan fingerprint density at radius 1 is 1.35 bits per heavy atom. The van der Waals surface area contributed by atoms with Gasteiger partial charge in [0.05, 0.1) is 0 Å². The minimum absolute atomic E-state index is 0.290. The van der Waals surface area contributed by atoms with Crippen molar-refractivity contribution >= 4 is 34.3 Å². The molecule has 3 heterocycles. The first-order chi connectivity index (χ1) is 11.3. The maximum Gasteiger partial charge on any atom is 0.224 e. The highest BCUT2D eigenvalue weighted by molar-refractivity contribution is 7.99. The van der Waals surface area contributed by atoms with Gasteiger partial charge in [-0.2, -0.15) is 16.1 Å². The molecular weight excluding hydrogens is 330 g/mol. The molecule has 1 amide bonds. The summed E-state index contributed by atoms with van der Waals surface area (Å²) in [6.07, 6.45) is 2.51. The molecule has 128 valence electrons. The van der Waals surface area contributed by atoms with E-state index in [1.54, 1.807) is 0 Å². The van der Waals surface area contributed by atoms with Gasteiger partial charge in [0.15, 0.2) is 0 Å². The number of thioether (sulfide) groups is 1.